The lowest BCUT2D eigenvalue weighted by molar-refractivity contribution is -0.699. The SMILES string of the molecule is O=C(c1ccccc1)C(c1ccccc1)[n+]1cnn(Cc2c(-c3ccccc3)oc3ccccc23)c1.[Br-]. The van der Waals surface area contributed by atoms with E-state index in [1.54, 1.807) is 6.33 Å². The molecule has 0 bridgehead atoms. The van der Waals surface area contributed by atoms with Gasteiger partial charge < -0.3 is 21.4 Å². The largest absolute Gasteiger partial charge is 1.00 e. The van der Waals surface area contributed by atoms with Crippen molar-refractivity contribution in [3.8, 4) is 11.3 Å². The molecule has 6 rings (SSSR count). The van der Waals surface area contributed by atoms with E-state index in [2.05, 4.69) is 23.3 Å². The van der Waals surface area contributed by atoms with Crippen molar-refractivity contribution in [2.24, 2.45) is 0 Å². The van der Waals surface area contributed by atoms with Crippen LogP contribution in [0.5, 0.6) is 0 Å². The number of aromatic nitrogens is 3. The van der Waals surface area contributed by atoms with Crippen molar-refractivity contribution in [2.45, 2.75) is 12.6 Å². The topological polar surface area (TPSA) is 51.9 Å². The molecule has 37 heavy (non-hydrogen) atoms. The molecule has 0 spiro atoms. The maximum absolute atomic E-state index is 13.6. The van der Waals surface area contributed by atoms with Crippen LogP contribution < -0.4 is 21.5 Å². The average Bonchev–Trinajstić information content (AvgIpc) is 3.55. The van der Waals surface area contributed by atoms with Crippen LogP contribution in [0.1, 0.15) is 27.5 Å². The zero-order chi connectivity index (χ0) is 24.3. The first kappa shape index (κ1) is 24.4. The second-order valence-electron chi connectivity index (χ2n) is 8.71. The molecule has 0 N–H and O–H groups in total. The molecule has 0 amide bonds. The molecule has 0 aliphatic carbocycles. The molecule has 0 aliphatic rings. The average molecular weight is 550 g/mol. The summed E-state index contributed by atoms with van der Waals surface area (Å²) in [5.74, 6) is 0.851. The third-order valence-corrected chi connectivity index (χ3v) is 6.37. The molecule has 1 unspecified atom stereocenters. The molecule has 0 fully saturated rings. The molecule has 6 heteroatoms. The number of hydrogen-bond donors (Lipinski definition) is 0. The number of carbonyl (C=O) groups excluding carboxylic acids is 1. The van der Waals surface area contributed by atoms with Crippen LogP contribution in [0.4, 0.5) is 0 Å². The predicted molar refractivity (Wildman–Crippen MR) is 139 cm³/mol. The van der Waals surface area contributed by atoms with Crippen molar-refractivity contribution in [2.75, 3.05) is 0 Å². The molecular formula is C31H24BrN3O2. The summed E-state index contributed by atoms with van der Waals surface area (Å²) in [6.45, 7) is 0.509. The van der Waals surface area contributed by atoms with Crippen molar-refractivity contribution < 1.29 is 30.8 Å². The molecule has 2 aromatic heterocycles. The lowest BCUT2D eigenvalue weighted by atomic mass is 9.97. The van der Waals surface area contributed by atoms with Crippen molar-refractivity contribution in [3.05, 3.63) is 145 Å². The summed E-state index contributed by atoms with van der Waals surface area (Å²) in [6.07, 6.45) is 3.62. The first-order valence-electron chi connectivity index (χ1n) is 11.9. The molecule has 4 aromatic carbocycles. The third-order valence-electron chi connectivity index (χ3n) is 6.37. The van der Waals surface area contributed by atoms with Crippen LogP contribution >= 0.6 is 0 Å². The Balaban J connectivity index is 0.00000280. The van der Waals surface area contributed by atoms with E-state index in [1.165, 1.54) is 0 Å². The summed E-state index contributed by atoms with van der Waals surface area (Å²) in [6, 6.07) is 36.9. The Morgan fingerprint density at radius 3 is 2.16 bits per heavy atom. The van der Waals surface area contributed by atoms with Gasteiger partial charge in [0.1, 0.15) is 17.9 Å². The minimum atomic E-state index is -0.517. The normalized spacial score (nSPS) is 11.7. The Kier molecular flexibility index (Phi) is 7.10. The molecule has 0 saturated carbocycles. The number of fused-ring (bicyclic) bond motifs is 1. The first-order chi connectivity index (χ1) is 17.8. The number of furan rings is 1. The van der Waals surface area contributed by atoms with Gasteiger partial charge in [-0.15, -0.1) is 4.68 Å². The van der Waals surface area contributed by atoms with Crippen LogP contribution in [-0.2, 0) is 6.54 Å². The van der Waals surface area contributed by atoms with Gasteiger partial charge in [0.25, 0.3) is 6.33 Å². The van der Waals surface area contributed by atoms with E-state index >= 15 is 0 Å². The fraction of sp³-hybridized carbons (Fsp3) is 0.0645. The quantitative estimate of drug-likeness (QED) is 0.227. The highest BCUT2D eigenvalue weighted by Crippen LogP contribution is 2.34. The molecular weight excluding hydrogens is 526 g/mol. The van der Waals surface area contributed by atoms with Crippen LogP contribution in [0, 0.1) is 0 Å². The number of hydrogen-bond acceptors (Lipinski definition) is 3. The number of halogens is 1. The molecule has 6 aromatic rings. The second-order valence-corrected chi connectivity index (χ2v) is 8.71. The predicted octanol–water partition coefficient (Wildman–Crippen LogP) is 3.11. The van der Waals surface area contributed by atoms with Crippen molar-refractivity contribution in [1.29, 1.82) is 0 Å². The third kappa shape index (κ3) is 4.88. The van der Waals surface area contributed by atoms with E-state index in [1.807, 2.05) is 113 Å². The minimum absolute atomic E-state index is 0. The highest BCUT2D eigenvalue weighted by molar-refractivity contribution is 5.99. The number of benzene rings is 4. The summed E-state index contributed by atoms with van der Waals surface area (Å²) >= 11 is 0. The van der Waals surface area contributed by atoms with Gasteiger partial charge in [-0.3, -0.25) is 4.79 Å². The Labute approximate surface area is 225 Å². The fourth-order valence-electron chi connectivity index (χ4n) is 4.65. The monoisotopic (exact) mass is 549 g/mol. The van der Waals surface area contributed by atoms with Crippen LogP contribution in [0.15, 0.2) is 132 Å². The number of ketones is 1. The summed E-state index contributed by atoms with van der Waals surface area (Å²) < 4.78 is 10.0. The zero-order valence-electron chi connectivity index (χ0n) is 19.9. The summed E-state index contributed by atoms with van der Waals surface area (Å²) in [5, 5.41) is 5.69. The molecule has 0 radical (unpaired) electrons. The first-order valence-corrected chi connectivity index (χ1v) is 11.9. The number of rotatable bonds is 7. The Morgan fingerprint density at radius 1 is 0.811 bits per heavy atom. The number of carbonyl (C=O) groups is 1. The molecule has 2 heterocycles. The van der Waals surface area contributed by atoms with E-state index in [0.717, 1.165) is 33.4 Å². The standard InChI is InChI=1S/C31H24N3O2.BrH/c35-30(24-14-6-2-7-15-24)29(23-12-4-1-5-13-23)33-21-32-34(22-33)20-27-26-18-10-11-19-28(26)36-31(27)25-16-8-3-9-17-25;/h1-19,21-22,29H,20H2;1H/q+1;/p-1. The van der Waals surface area contributed by atoms with Gasteiger partial charge in [0.2, 0.25) is 12.1 Å². The minimum Gasteiger partial charge on any atom is -1.00 e. The zero-order valence-corrected chi connectivity index (χ0v) is 21.5. The summed E-state index contributed by atoms with van der Waals surface area (Å²) in [7, 11) is 0. The van der Waals surface area contributed by atoms with Crippen molar-refractivity contribution in [3.63, 3.8) is 0 Å². The molecule has 182 valence electrons. The van der Waals surface area contributed by atoms with E-state index in [9.17, 15) is 4.79 Å². The van der Waals surface area contributed by atoms with Crippen molar-refractivity contribution in [1.82, 2.24) is 9.78 Å². The van der Waals surface area contributed by atoms with Gasteiger partial charge in [0, 0.05) is 27.2 Å². The molecule has 0 saturated heterocycles. The maximum Gasteiger partial charge on any atom is 0.266 e. The van der Waals surface area contributed by atoms with Gasteiger partial charge >= 0.3 is 0 Å². The van der Waals surface area contributed by atoms with Gasteiger partial charge in [-0.1, -0.05) is 109 Å². The molecule has 1 atom stereocenters. The highest BCUT2D eigenvalue weighted by atomic mass is 79.9. The van der Waals surface area contributed by atoms with Gasteiger partial charge in [0.15, 0.2) is 6.04 Å². The van der Waals surface area contributed by atoms with Crippen LogP contribution in [0.3, 0.4) is 0 Å². The van der Waals surface area contributed by atoms with Crippen LogP contribution in [0.2, 0.25) is 0 Å². The highest BCUT2D eigenvalue weighted by Gasteiger charge is 2.28. The van der Waals surface area contributed by atoms with Crippen LogP contribution in [0.25, 0.3) is 22.3 Å². The van der Waals surface area contributed by atoms with E-state index < -0.39 is 6.04 Å². The lowest BCUT2D eigenvalue weighted by Crippen LogP contribution is -3.00. The van der Waals surface area contributed by atoms with Crippen LogP contribution in [-0.4, -0.2) is 15.6 Å². The Morgan fingerprint density at radius 2 is 1.43 bits per heavy atom. The number of nitrogens with zero attached hydrogens (tertiary/aromatic N) is 3. The van der Waals surface area contributed by atoms with Gasteiger partial charge in [-0.25, -0.2) is 4.57 Å². The number of para-hydroxylation sites is 1. The smallest absolute Gasteiger partial charge is 0.266 e. The van der Waals surface area contributed by atoms with E-state index in [4.69, 9.17) is 4.42 Å². The van der Waals surface area contributed by atoms with E-state index in [-0.39, 0.29) is 22.8 Å². The fourth-order valence-corrected chi connectivity index (χ4v) is 4.65. The summed E-state index contributed by atoms with van der Waals surface area (Å²) in [4.78, 5) is 13.6. The Bertz CT molecular complexity index is 1630. The Hall–Kier alpha value is -4.29. The summed E-state index contributed by atoms with van der Waals surface area (Å²) in [5.41, 5.74) is 4.49. The van der Waals surface area contributed by atoms with Gasteiger partial charge in [-0.2, -0.15) is 0 Å². The maximum atomic E-state index is 13.6. The second kappa shape index (κ2) is 10.8. The number of Topliss-reactive ketones (excluding diaryl/α,β-unsaturated/α-hetero) is 1. The van der Waals surface area contributed by atoms with E-state index in [0.29, 0.717) is 12.1 Å². The lowest BCUT2D eigenvalue weighted by Gasteiger charge is -2.13. The van der Waals surface area contributed by atoms with Gasteiger partial charge in [0.05, 0.1) is 0 Å². The van der Waals surface area contributed by atoms with Gasteiger partial charge in [-0.05, 0) is 11.6 Å². The molecule has 5 nitrogen and oxygen atoms in total. The van der Waals surface area contributed by atoms with Crippen molar-refractivity contribution >= 4 is 16.8 Å². The molecule has 0 aliphatic heterocycles.